The van der Waals surface area contributed by atoms with Gasteiger partial charge >= 0.3 is 0 Å². The smallest absolute Gasteiger partial charge is 0.123 e. The molecule has 1 heterocycles. The Labute approximate surface area is 116 Å². The Hall–Kier alpha value is -1.06. The lowest BCUT2D eigenvalue weighted by molar-refractivity contribution is 0.126. The Kier molecular flexibility index (Phi) is 4.83. The molecule has 1 aliphatic rings. The van der Waals surface area contributed by atoms with Gasteiger partial charge in [0.05, 0.1) is 0 Å². The molecule has 0 amide bonds. The zero-order chi connectivity index (χ0) is 13.8. The van der Waals surface area contributed by atoms with Gasteiger partial charge in [0, 0.05) is 37.8 Å². The highest BCUT2D eigenvalue weighted by Gasteiger charge is 2.28. The first-order chi connectivity index (χ1) is 9.15. The first-order valence-corrected chi connectivity index (χ1v) is 7.38. The Morgan fingerprint density at radius 2 is 2.00 bits per heavy atom. The van der Waals surface area contributed by atoms with Gasteiger partial charge in [-0.2, -0.15) is 0 Å². The minimum absolute atomic E-state index is 0.326. The Morgan fingerprint density at radius 1 is 1.32 bits per heavy atom. The Bertz CT molecular complexity index is 413. The molecule has 0 saturated carbocycles. The molecule has 3 heteroatoms. The average Bonchev–Trinajstić information content (AvgIpc) is 2.44. The average molecular weight is 262 g/mol. The fourth-order valence-corrected chi connectivity index (χ4v) is 2.97. The van der Waals surface area contributed by atoms with Crippen LogP contribution in [0.3, 0.4) is 0 Å². The van der Waals surface area contributed by atoms with Crippen molar-refractivity contribution < 1.29 is 5.11 Å². The lowest BCUT2D eigenvalue weighted by Crippen LogP contribution is -2.46. The van der Waals surface area contributed by atoms with Gasteiger partial charge in [0.15, 0.2) is 0 Å². The maximum Gasteiger partial charge on any atom is 0.123 e. The molecule has 0 radical (unpaired) electrons. The number of aryl methyl sites for hydroxylation is 1. The first-order valence-electron chi connectivity index (χ1n) is 7.38. The summed E-state index contributed by atoms with van der Waals surface area (Å²) in [6.45, 7) is 10.7. The van der Waals surface area contributed by atoms with Crippen molar-refractivity contribution in [3.05, 3.63) is 29.3 Å². The summed E-state index contributed by atoms with van der Waals surface area (Å²) in [6.07, 6.45) is 1.13. The number of phenols is 1. The van der Waals surface area contributed by atoms with Crippen LogP contribution in [0, 0.1) is 12.8 Å². The molecule has 1 unspecified atom stereocenters. The molecule has 0 aromatic heterocycles. The molecule has 3 nitrogen and oxygen atoms in total. The van der Waals surface area contributed by atoms with E-state index in [4.69, 9.17) is 0 Å². The van der Waals surface area contributed by atoms with E-state index in [1.54, 1.807) is 0 Å². The Morgan fingerprint density at radius 3 is 2.63 bits per heavy atom. The SMILES string of the molecule is CCC(C)[C@H](c1cccc(C)c1O)N1CCNCC1. The van der Waals surface area contributed by atoms with E-state index in [-0.39, 0.29) is 0 Å². The number of nitrogens with one attached hydrogen (secondary N) is 1. The summed E-state index contributed by atoms with van der Waals surface area (Å²) in [5.41, 5.74) is 2.07. The van der Waals surface area contributed by atoms with Crippen LogP contribution in [0.5, 0.6) is 5.75 Å². The molecule has 2 N–H and O–H groups in total. The normalized spacial score (nSPS) is 20.2. The second-order valence-corrected chi connectivity index (χ2v) is 5.63. The predicted octanol–water partition coefficient (Wildman–Crippen LogP) is 2.69. The van der Waals surface area contributed by atoms with Gasteiger partial charge in [0.2, 0.25) is 0 Å². The maximum absolute atomic E-state index is 10.4. The summed E-state index contributed by atoms with van der Waals surface area (Å²) in [5, 5.41) is 13.8. The summed E-state index contributed by atoms with van der Waals surface area (Å²) >= 11 is 0. The summed E-state index contributed by atoms with van der Waals surface area (Å²) in [7, 11) is 0. The molecule has 1 aliphatic heterocycles. The fraction of sp³-hybridized carbons (Fsp3) is 0.625. The molecule has 1 saturated heterocycles. The third kappa shape index (κ3) is 3.10. The second-order valence-electron chi connectivity index (χ2n) is 5.63. The molecule has 106 valence electrons. The van der Waals surface area contributed by atoms with Crippen molar-refractivity contribution in [2.24, 2.45) is 5.92 Å². The molecule has 19 heavy (non-hydrogen) atoms. The maximum atomic E-state index is 10.4. The van der Waals surface area contributed by atoms with E-state index in [1.807, 2.05) is 13.0 Å². The van der Waals surface area contributed by atoms with Crippen molar-refractivity contribution in [1.82, 2.24) is 10.2 Å². The van der Waals surface area contributed by atoms with Crippen molar-refractivity contribution in [2.45, 2.75) is 33.2 Å². The van der Waals surface area contributed by atoms with Crippen LogP contribution in [-0.4, -0.2) is 36.2 Å². The minimum atomic E-state index is 0.326. The second kappa shape index (κ2) is 6.40. The highest BCUT2D eigenvalue weighted by atomic mass is 16.3. The highest BCUT2D eigenvalue weighted by molar-refractivity contribution is 5.41. The highest BCUT2D eigenvalue weighted by Crippen LogP contribution is 2.37. The standard InChI is InChI=1S/C16H26N2O/c1-4-12(2)15(18-10-8-17-9-11-18)14-7-5-6-13(3)16(14)19/h5-7,12,15,17,19H,4,8-11H2,1-3H3/t12?,15-/m1/s1. The van der Waals surface area contributed by atoms with E-state index in [0.29, 0.717) is 17.7 Å². The number of phenolic OH excluding ortho intramolecular Hbond substituents is 1. The van der Waals surface area contributed by atoms with Crippen LogP contribution in [0.25, 0.3) is 0 Å². The topological polar surface area (TPSA) is 35.5 Å². The van der Waals surface area contributed by atoms with E-state index in [9.17, 15) is 5.11 Å². The molecule has 0 aliphatic carbocycles. The zero-order valence-corrected chi connectivity index (χ0v) is 12.3. The number of aromatic hydroxyl groups is 1. The van der Waals surface area contributed by atoms with Crippen molar-refractivity contribution in [1.29, 1.82) is 0 Å². The van der Waals surface area contributed by atoms with E-state index in [2.05, 4.69) is 36.2 Å². The summed E-state index contributed by atoms with van der Waals surface area (Å²) in [6, 6.07) is 6.44. The van der Waals surface area contributed by atoms with Gasteiger partial charge < -0.3 is 10.4 Å². The van der Waals surface area contributed by atoms with Crippen LogP contribution >= 0.6 is 0 Å². The van der Waals surface area contributed by atoms with Crippen LogP contribution in [0.2, 0.25) is 0 Å². The zero-order valence-electron chi connectivity index (χ0n) is 12.3. The third-order valence-corrected chi connectivity index (χ3v) is 4.32. The van der Waals surface area contributed by atoms with Gasteiger partial charge in [-0.1, -0.05) is 38.5 Å². The van der Waals surface area contributed by atoms with Gasteiger partial charge in [0.25, 0.3) is 0 Å². The molecule has 1 fully saturated rings. The largest absolute Gasteiger partial charge is 0.507 e. The van der Waals surface area contributed by atoms with Crippen molar-refractivity contribution >= 4 is 0 Å². The van der Waals surface area contributed by atoms with Crippen LogP contribution in [0.4, 0.5) is 0 Å². The lowest BCUT2D eigenvalue weighted by atomic mass is 9.89. The molecule has 0 spiro atoms. The van der Waals surface area contributed by atoms with Crippen molar-refractivity contribution in [3.63, 3.8) is 0 Å². The van der Waals surface area contributed by atoms with E-state index in [1.165, 1.54) is 0 Å². The van der Waals surface area contributed by atoms with Gasteiger partial charge in [-0.3, -0.25) is 4.90 Å². The van der Waals surface area contributed by atoms with Crippen molar-refractivity contribution in [2.75, 3.05) is 26.2 Å². The van der Waals surface area contributed by atoms with Crippen LogP contribution < -0.4 is 5.32 Å². The van der Waals surface area contributed by atoms with Gasteiger partial charge in [0.1, 0.15) is 5.75 Å². The minimum Gasteiger partial charge on any atom is -0.507 e. The summed E-state index contributed by atoms with van der Waals surface area (Å²) < 4.78 is 0. The van der Waals surface area contributed by atoms with Crippen LogP contribution in [0.1, 0.15) is 37.4 Å². The summed E-state index contributed by atoms with van der Waals surface area (Å²) in [4.78, 5) is 2.51. The van der Waals surface area contributed by atoms with Crippen LogP contribution in [0.15, 0.2) is 18.2 Å². The number of piperazine rings is 1. The van der Waals surface area contributed by atoms with E-state index in [0.717, 1.165) is 43.7 Å². The number of hydrogen-bond donors (Lipinski definition) is 2. The molecule has 2 atom stereocenters. The molecule has 1 aromatic rings. The predicted molar refractivity (Wildman–Crippen MR) is 79.5 cm³/mol. The first kappa shape index (κ1) is 14.4. The number of benzene rings is 1. The molecule has 2 rings (SSSR count). The van der Waals surface area contributed by atoms with Crippen molar-refractivity contribution in [3.8, 4) is 5.75 Å². The fourth-order valence-electron chi connectivity index (χ4n) is 2.97. The Balaban J connectivity index is 2.33. The van der Waals surface area contributed by atoms with E-state index >= 15 is 0 Å². The quantitative estimate of drug-likeness (QED) is 0.876. The number of nitrogens with zero attached hydrogens (tertiary/aromatic N) is 1. The van der Waals surface area contributed by atoms with Crippen LogP contribution in [-0.2, 0) is 0 Å². The third-order valence-electron chi connectivity index (χ3n) is 4.32. The van der Waals surface area contributed by atoms with Gasteiger partial charge in [-0.05, 0) is 18.4 Å². The van der Waals surface area contributed by atoms with Gasteiger partial charge in [-0.15, -0.1) is 0 Å². The number of hydrogen-bond acceptors (Lipinski definition) is 3. The molecular weight excluding hydrogens is 236 g/mol. The molecule has 0 bridgehead atoms. The molecule has 1 aromatic carbocycles. The summed E-state index contributed by atoms with van der Waals surface area (Å²) in [5.74, 6) is 1.03. The number of para-hydroxylation sites is 1. The monoisotopic (exact) mass is 262 g/mol. The number of rotatable bonds is 4. The molecular formula is C16H26N2O. The lowest BCUT2D eigenvalue weighted by Gasteiger charge is -2.38. The van der Waals surface area contributed by atoms with Gasteiger partial charge in [-0.25, -0.2) is 0 Å². The van der Waals surface area contributed by atoms with E-state index < -0.39 is 0 Å².